The van der Waals surface area contributed by atoms with Gasteiger partial charge in [-0.05, 0) is 38.0 Å². The van der Waals surface area contributed by atoms with E-state index in [0.717, 1.165) is 32.1 Å². The van der Waals surface area contributed by atoms with Crippen molar-refractivity contribution in [2.75, 3.05) is 13.2 Å². The van der Waals surface area contributed by atoms with Gasteiger partial charge in [-0.1, -0.05) is 31.4 Å². The summed E-state index contributed by atoms with van der Waals surface area (Å²) in [5, 5.41) is 16.6. The highest BCUT2D eigenvalue weighted by Gasteiger charge is 2.24. The lowest BCUT2D eigenvalue weighted by Gasteiger charge is -2.22. The second-order valence-electron chi connectivity index (χ2n) is 8.50. The minimum Gasteiger partial charge on any atom is -0.490 e. The van der Waals surface area contributed by atoms with Gasteiger partial charge in [-0.15, -0.1) is 0 Å². The zero-order valence-electron chi connectivity index (χ0n) is 19.9. The Bertz CT molecular complexity index is 1380. The van der Waals surface area contributed by atoms with Crippen molar-refractivity contribution in [3.8, 4) is 11.5 Å². The largest absolute Gasteiger partial charge is 0.490 e. The SMILES string of the molecule is CCOc1cc(C=Nn2c(C3CCCCC3)nc3ccccc3c2=O)cc([N+](=O)[O-])c1OCC(N)=O. The van der Waals surface area contributed by atoms with Gasteiger partial charge in [0.25, 0.3) is 11.5 Å². The number of ether oxygens (including phenoxy) is 2. The normalized spacial score (nSPS) is 14.2. The average Bonchev–Trinajstić information content (AvgIpc) is 2.87. The van der Waals surface area contributed by atoms with E-state index in [1.807, 2.05) is 6.07 Å². The first-order chi connectivity index (χ1) is 17.4. The highest BCUT2D eigenvalue weighted by Crippen LogP contribution is 2.38. The van der Waals surface area contributed by atoms with Gasteiger partial charge in [0.2, 0.25) is 5.75 Å². The maximum Gasteiger partial charge on any atom is 0.315 e. The van der Waals surface area contributed by atoms with E-state index >= 15 is 0 Å². The monoisotopic (exact) mass is 493 g/mol. The zero-order valence-corrected chi connectivity index (χ0v) is 19.9. The highest BCUT2D eigenvalue weighted by molar-refractivity contribution is 5.84. The van der Waals surface area contributed by atoms with Gasteiger partial charge in [0.15, 0.2) is 12.4 Å². The second kappa shape index (κ2) is 11.0. The van der Waals surface area contributed by atoms with Crippen LogP contribution in [0.1, 0.15) is 56.3 Å². The van der Waals surface area contributed by atoms with Gasteiger partial charge in [-0.25, -0.2) is 4.98 Å². The number of hydrogen-bond donors (Lipinski definition) is 1. The number of nitro groups is 1. The molecule has 1 heterocycles. The van der Waals surface area contributed by atoms with E-state index in [1.54, 1.807) is 25.1 Å². The average molecular weight is 494 g/mol. The number of hydrogen-bond acceptors (Lipinski definition) is 8. The molecule has 3 aromatic rings. The topological polar surface area (TPSA) is 152 Å². The first kappa shape index (κ1) is 24.8. The number of nitro benzene ring substituents is 1. The third-order valence-corrected chi connectivity index (χ3v) is 5.98. The molecule has 1 fully saturated rings. The summed E-state index contributed by atoms with van der Waals surface area (Å²) < 4.78 is 12.1. The Morgan fingerprint density at radius 2 is 2.00 bits per heavy atom. The van der Waals surface area contributed by atoms with E-state index in [4.69, 9.17) is 20.2 Å². The van der Waals surface area contributed by atoms with Gasteiger partial charge < -0.3 is 15.2 Å². The molecule has 0 radical (unpaired) electrons. The number of fused-ring (bicyclic) bond motifs is 1. The van der Waals surface area contributed by atoms with Crippen LogP contribution < -0.4 is 20.8 Å². The highest BCUT2D eigenvalue weighted by atomic mass is 16.6. The van der Waals surface area contributed by atoms with Crippen molar-refractivity contribution in [1.82, 2.24) is 9.66 Å². The van der Waals surface area contributed by atoms with Crippen molar-refractivity contribution < 1.29 is 19.2 Å². The van der Waals surface area contributed by atoms with Crippen LogP contribution in [-0.4, -0.2) is 39.9 Å². The fraction of sp³-hybridized carbons (Fsp3) is 0.360. The summed E-state index contributed by atoms with van der Waals surface area (Å²) in [6, 6.07) is 9.84. The van der Waals surface area contributed by atoms with Crippen LogP contribution in [0, 0.1) is 10.1 Å². The molecule has 1 amide bonds. The summed E-state index contributed by atoms with van der Waals surface area (Å²) in [7, 11) is 0. The van der Waals surface area contributed by atoms with Crippen molar-refractivity contribution in [3.05, 3.63) is 68.3 Å². The van der Waals surface area contributed by atoms with Crippen molar-refractivity contribution in [1.29, 1.82) is 0 Å². The molecule has 188 valence electrons. The smallest absolute Gasteiger partial charge is 0.315 e. The maximum atomic E-state index is 13.4. The molecule has 0 bridgehead atoms. The van der Waals surface area contributed by atoms with Crippen LogP contribution in [-0.2, 0) is 4.79 Å². The first-order valence-electron chi connectivity index (χ1n) is 11.8. The van der Waals surface area contributed by atoms with E-state index < -0.39 is 23.1 Å². The van der Waals surface area contributed by atoms with Crippen molar-refractivity contribution >= 4 is 28.7 Å². The Labute approximate surface area is 206 Å². The molecule has 1 aliphatic rings. The van der Waals surface area contributed by atoms with E-state index in [-0.39, 0.29) is 29.6 Å². The molecule has 1 aliphatic carbocycles. The molecule has 4 rings (SSSR count). The molecule has 2 aromatic carbocycles. The lowest BCUT2D eigenvalue weighted by Crippen LogP contribution is -2.25. The molecule has 11 heteroatoms. The number of para-hydroxylation sites is 1. The fourth-order valence-electron chi connectivity index (χ4n) is 4.37. The number of benzene rings is 2. The molecule has 0 saturated heterocycles. The summed E-state index contributed by atoms with van der Waals surface area (Å²) in [6.45, 7) is 1.36. The minimum absolute atomic E-state index is 0.0610. The Morgan fingerprint density at radius 3 is 2.69 bits per heavy atom. The zero-order chi connectivity index (χ0) is 25.7. The molecule has 0 spiro atoms. The number of amides is 1. The molecule has 36 heavy (non-hydrogen) atoms. The number of rotatable bonds is 9. The Morgan fingerprint density at radius 1 is 1.25 bits per heavy atom. The summed E-state index contributed by atoms with van der Waals surface area (Å²) >= 11 is 0. The predicted octanol–water partition coefficient (Wildman–Crippen LogP) is 3.50. The minimum atomic E-state index is -0.782. The van der Waals surface area contributed by atoms with E-state index in [9.17, 15) is 19.7 Å². The molecular weight excluding hydrogens is 466 g/mol. The lowest BCUT2D eigenvalue weighted by atomic mass is 9.88. The van der Waals surface area contributed by atoms with Gasteiger partial charge in [0.1, 0.15) is 5.82 Å². The second-order valence-corrected chi connectivity index (χ2v) is 8.50. The number of nitrogens with zero attached hydrogens (tertiary/aromatic N) is 4. The molecule has 0 unspecified atom stereocenters. The Kier molecular flexibility index (Phi) is 7.57. The summed E-state index contributed by atoms with van der Waals surface area (Å²) in [5.41, 5.74) is 5.33. The molecular formula is C25H27N5O6. The summed E-state index contributed by atoms with van der Waals surface area (Å²) in [6.07, 6.45) is 6.42. The predicted molar refractivity (Wildman–Crippen MR) is 134 cm³/mol. The van der Waals surface area contributed by atoms with Crippen LogP contribution in [0.5, 0.6) is 11.5 Å². The third-order valence-electron chi connectivity index (χ3n) is 5.98. The van der Waals surface area contributed by atoms with Gasteiger partial charge >= 0.3 is 5.69 Å². The van der Waals surface area contributed by atoms with Crippen LogP contribution in [0.2, 0.25) is 0 Å². The standard InChI is InChI=1S/C25H27N5O6/c1-2-35-21-13-16(12-20(30(33)34)23(21)36-15-22(26)31)14-27-29-24(17-8-4-3-5-9-17)28-19-11-7-6-10-18(19)25(29)32/h6-7,10-14,17H,2-5,8-9,15H2,1H3,(H2,26,31). The summed E-state index contributed by atoms with van der Waals surface area (Å²) in [5.74, 6) is -0.256. The maximum absolute atomic E-state index is 13.4. The molecule has 0 aliphatic heterocycles. The van der Waals surface area contributed by atoms with Crippen LogP contribution in [0.25, 0.3) is 10.9 Å². The number of carbonyl (C=O) groups is 1. The quantitative estimate of drug-likeness (QED) is 0.272. The van der Waals surface area contributed by atoms with Crippen LogP contribution in [0.4, 0.5) is 5.69 Å². The summed E-state index contributed by atoms with van der Waals surface area (Å²) in [4.78, 5) is 40.4. The Hall–Kier alpha value is -4.28. The van der Waals surface area contributed by atoms with Crippen molar-refractivity contribution in [2.45, 2.75) is 44.9 Å². The van der Waals surface area contributed by atoms with Gasteiger partial charge in [0, 0.05) is 17.5 Å². The molecule has 1 aromatic heterocycles. The van der Waals surface area contributed by atoms with Crippen LogP contribution in [0.15, 0.2) is 46.3 Å². The van der Waals surface area contributed by atoms with Crippen LogP contribution in [0.3, 0.4) is 0 Å². The van der Waals surface area contributed by atoms with Crippen LogP contribution >= 0.6 is 0 Å². The van der Waals surface area contributed by atoms with E-state index in [0.29, 0.717) is 22.3 Å². The van der Waals surface area contributed by atoms with Gasteiger partial charge in [-0.3, -0.25) is 19.7 Å². The molecule has 11 nitrogen and oxygen atoms in total. The number of carbonyl (C=O) groups excluding carboxylic acids is 1. The molecule has 2 N–H and O–H groups in total. The Balaban J connectivity index is 1.81. The lowest BCUT2D eigenvalue weighted by molar-refractivity contribution is -0.385. The van der Waals surface area contributed by atoms with Crippen molar-refractivity contribution in [2.24, 2.45) is 10.8 Å². The molecule has 0 atom stereocenters. The van der Waals surface area contributed by atoms with Gasteiger partial charge in [-0.2, -0.15) is 9.78 Å². The van der Waals surface area contributed by atoms with E-state index in [1.165, 1.54) is 23.0 Å². The van der Waals surface area contributed by atoms with Gasteiger partial charge in [0.05, 0.1) is 28.6 Å². The van der Waals surface area contributed by atoms with E-state index in [2.05, 4.69) is 5.10 Å². The van der Waals surface area contributed by atoms with Crippen molar-refractivity contribution in [3.63, 3.8) is 0 Å². The first-order valence-corrected chi connectivity index (χ1v) is 11.8. The number of nitrogens with two attached hydrogens (primary N) is 1. The number of aromatic nitrogens is 2. The molecule has 1 saturated carbocycles. The third kappa shape index (κ3) is 5.35. The fourth-order valence-corrected chi connectivity index (χ4v) is 4.37. The number of primary amides is 1.